The van der Waals surface area contributed by atoms with Crippen molar-refractivity contribution in [2.75, 3.05) is 50.1 Å². The van der Waals surface area contributed by atoms with Crippen molar-refractivity contribution in [2.45, 2.75) is 0 Å². The van der Waals surface area contributed by atoms with Crippen LogP contribution in [0.5, 0.6) is 5.75 Å². The second kappa shape index (κ2) is 8.90. The predicted octanol–water partition coefficient (Wildman–Crippen LogP) is 3.02. The Morgan fingerprint density at radius 2 is 1.86 bits per heavy atom. The molecule has 1 amide bonds. The van der Waals surface area contributed by atoms with E-state index in [9.17, 15) is 14.9 Å². The number of nitrogens with zero attached hydrogens (tertiary/aromatic N) is 3. The van der Waals surface area contributed by atoms with Crippen molar-refractivity contribution in [3.63, 3.8) is 0 Å². The van der Waals surface area contributed by atoms with Gasteiger partial charge in [0.1, 0.15) is 5.75 Å². The van der Waals surface area contributed by atoms with Crippen LogP contribution in [-0.4, -0.2) is 55.6 Å². The molecule has 2 aromatic rings. The molecule has 0 unspecified atom stereocenters. The maximum Gasteiger partial charge on any atom is 0.271 e. The highest BCUT2D eigenvalue weighted by atomic mass is 35.5. The number of hydrogen-bond acceptors (Lipinski definition) is 6. The van der Waals surface area contributed by atoms with Crippen LogP contribution in [0.2, 0.25) is 5.02 Å². The number of halogens is 1. The number of amides is 1. The van der Waals surface area contributed by atoms with E-state index < -0.39 is 4.92 Å². The first kappa shape index (κ1) is 19.9. The molecule has 0 atom stereocenters. The maximum absolute atomic E-state index is 12.3. The summed E-state index contributed by atoms with van der Waals surface area (Å²) in [5.74, 6) is 0.569. The molecule has 148 valence electrons. The van der Waals surface area contributed by atoms with Crippen LogP contribution in [0.1, 0.15) is 0 Å². The van der Waals surface area contributed by atoms with Gasteiger partial charge in [-0.2, -0.15) is 0 Å². The summed E-state index contributed by atoms with van der Waals surface area (Å²) in [6.45, 7) is 3.29. The number of benzene rings is 2. The van der Waals surface area contributed by atoms with Gasteiger partial charge in [-0.3, -0.25) is 19.8 Å². The number of carbonyl (C=O) groups is 1. The second-order valence-corrected chi connectivity index (χ2v) is 6.84. The van der Waals surface area contributed by atoms with Crippen molar-refractivity contribution in [1.82, 2.24) is 4.90 Å². The number of anilines is 2. The minimum Gasteiger partial charge on any atom is -0.497 e. The third-order valence-electron chi connectivity index (χ3n) is 4.61. The van der Waals surface area contributed by atoms with Crippen LogP contribution in [0.3, 0.4) is 0 Å². The van der Waals surface area contributed by atoms with E-state index >= 15 is 0 Å². The van der Waals surface area contributed by atoms with E-state index in [1.165, 1.54) is 18.2 Å². The fourth-order valence-electron chi connectivity index (χ4n) is 3.07. The highest BCUT2D eigenvalue weighted by Crippen LogP contribution is 2.26. The summed E-state index contributed by atoms with van der Waals surface area (Å²) in [4.78, 5) is 27.0. The highest BCUT2D eigenvalue weighted by molar-refractivity contribution is 6.33. The molecular weight excluding hydrogens is 384 g/mol. The number of piperazine rings is 1. The van der Waals surface area contributed by atoms with Gasteiger partial charge in [-0.15, -0.1) is 0 Å². The minimum absolute atomic E-state index is 0.118. The summed E-state index contributed by atoms with van der Waals surface area (Å²) >= 11 is 6.03. The first-order valence-electron chi connectivity index (χ1n) is 8.81. The van der Waals surface area contributed by atoms with Gasteiger partial charge in [-0.25, -0.2) is 0 Å². The standard InChI is InChI=1S/C19H21ClN4O4/c1-28-16-5-2-14(3-6-16)23-10-8-22(9-11-23)13-19(25)21-18-12-15(24(26)27)4-7-17(18)20/h2-7,12H,8-11,13H2,1H3,(H,21,25). The topological polar surface area (TPSA) is 88.0 Å². The largest absolute Gasteiger partial charge is 0.497 e. The normalized spacial score (nSPS) is 14.6. The lowest BCUT2D eigenvalue weighted by Gasteiger charge is -2.35. The SMILES string of the molecule is COc1ccc(N2CCN(CC(=O)Nc3cc([N+](=O)[O-])ccc3Cl)CC2)cc1. The van der Waals surface area contributed by atoms with Crippen LogP contribution < -0.4 is 15.0 Å². The third-order valence-corrected chi connectivity index (χ3v) is 4.94. The van der Waals surface area contributed by atoms with Crippen molar-refractivity contribution in [3.05, 3.63) is 57.6 Å². The summed E-state index contributed by atoms with van der Waals surface area (Å²) in [5, 5.41) is 13.8. The Bertz CT molecular complexity index is 852. The molecule has 9 heteroatoms. The summed E-state index contributed by atoms with van der Waals surface area (Å²) in [6.07, 6.45) is 0. The first-order valence-corrected chi connectivity index (χ1v) is 9.19. The predicted molar refractivity (Wildman–Crippen MR) is 108 cm³/mol. The van der Waals surface area contributed by atoms with Gasteiger partial charge in [0.2, 0.25) is 5.91 Å². The smallest absolute Gasteiger partial charge is 0.271 e. The molecule has 0 aromatic heterocycles. The van der Waals surface area contributed by atoms with Crippen molar-refractivity contribution in [3.8, 4) is 5.75 Å². The van der Waals surface area contributed by atoms with E-state index in [0.717, 1.165) is 37.6 Å². The van der Waals surface area contributed by atoms with E-state index in [2.05, 4.69) is 10.2 Å². The van der Waals surface area contributed by atoms with Crippen LogP contribution in [-0.2, 0) is 4.79 Å². The van der Waals surface area contributed by atoms with E-state index in [0.29, 0.717) is 0 Å². The first-order chi connectivity index (χ1) is 13.5. The number of nitro groups is 1. The molecule has 1 heterocycles. The van der Waals surface area contributed by atoms with Crippen LogP contribution in [0, 0.1) is 10.1 Å². The Morgan fingerprint density at radius 3 is 2.46 bits per heavy atom. The lowest BCUT2D eigenvalue weighted by Crippen LogP contribution is -2.48. The highest BCUT2D eigenvalue weighted by Gasteiger charge is 2.20. The van der Waals surface area contributed by atoms with Crippen molar-refractivity contribution >= 4 is 34.6 Å². The van der Waals surface area contributed by atoms with E-state index in [1.54, 1.807) is 7.11 Å². The molecule has 0 spiro atoms. The van der Waals surface area contributed by atoms with E-state index in [1.807, 2.05) is 29.2 Å². The molecule has 8 nitrogen and oxygen atoms in total. The molecular formula is C19H21ClN4O4. The monoisotopic (exact) mass is 404 g/mol. The van der Waals surface area contributed by atoms with E-state index in [4.69, 9.17) is 16.3 Å². The summed E-state index contributed by atoms with van der Waals surface area (Å²) in [7, 11) is 1.64. The van der Waals surface area contributed by atoms with Gasteiger partial charge in [-0.05, 0) is 30.3 Å². The van der Waals surface area contributed by atoms with Crippen molar-refractivity contribution in [2.24, 2.45) is 0 Å². The molecule has 28 heavy (non-hydrogen) atoms. The molecule has 1 aliphatic rings. The number of hydrogen-bond donors (Lipinski definition) is 1. The Balaban J connectivity index is 1.52. The molecule has 1 N–H and O–H groups in total. The van der Waals surface area contributed by atoms with Crippen LogP contribution in [0.25, 0.3) is 0 Å². The number of nitro benzene ring substituents is 1. The Morgan fingerprint density at radius 1 is 1.18 bits per heavy atom. The maximum atomic E-state index is 12.3. The molecule has 1 aliphatic heterocycles. The van der Waals surface area contributed by atoms with Crippen molar-refractivity contribution in [1.29, 1.82) is 0 Å². The Labute approximate surface area is 167 Å². The van der Waals surface area contributed by atoms with Gasteiger partial charge >= 0.3 is 0 Å². The number of methoxy groups -OCH3 is 1. The molecule has 3 rings (SSSR count). The fourth-order valence-corrected chi connectivity index (χ4v) is 3.24. The summed E-state index contributed by atoms with van der Waals surface area (Å²) in [5.41, 5.74) is 1.25. The lowest BCUT2D eigenvalue weighted by molar-refractivity contribution is -0.384. The zero-order chi connectivity index (χ0) is 20.1. The molecule has 1 fully saturated rings. The van der Waals surface area contributed by atoms with Crippen LogP contribution in [0.4, 0.5) is 17.1 Å². The number of carbonyl (C=O) groups excluding carboxylic acids is 1. The van der Waals surface area contributed by atoms with Crippen LogP contribution in [0.15, 0.2) is 42.5 Å². The van der Waals surface area contributed by atoms with Gasteiger partial charge in [-0.1, -0.05) is 11.6 Å². The fraction of sp³-hybridized carbons (Fsp3) is 0.316. The second-order valence-electron chi connectivity index (χ2n) is 6.43. The van der Waals surface area contributed by atoms with Gasteiger partial charge in [0.15, 0.2) is 0 Å². The van der Waals surface area contributed by atoms with Gasteiger partial charge in [0.25, 0.3) is 5.69 Å². The zero-order valence-electron chi connectivity index (χ0n) is 15.4. The molecule has 2 aromatic carbocycles. The lowest BCUT2D eigenvalue weighted by atomic mass is 10.2. The van der Waals surface area contributed by atoms with Crippen molar-refractivity contribution < 1.29 is 14.5 Å². The molecule has 0 aliphatic carbocycles. The Kier molecular flexibility index (Phi) is 6.33. The Hall–Kier alpha value is -2.84. The summed E-state index contributed by atoms with van der Waals surface area (Å²) < 4.78 is 5.18. The van der Waals surface area contributed by atoms with Gasteiger partial charge < -0.3 is 15.0 Å². The van der Waals surface area contributed by atoms with Gasteiger partial charge in [0, 0.05) is 44.0 Å². The average Bonchev–Trinajstić information content (AvgIpc) is 2.70. The number of ether oxygens (including phenoxy) is 1. The average molecular weight is 405 g/mol. The van der Waals surface area contributed by atoms with Crippen LogP contribution >= 0.6 is 11.6 Å². The molecule has 0 bridgehead atoms. The van der Waals surface area contributed by atoms with E-state index in [-0.39, 0.29) is 28.8 Å². The zero-order valence-corrected chi connectivity index (χ0v) is 16.2. The third kappa shape index (κ3) is 4.90. The number of non-ortho nitro benzene ring substituents is 1. The number of rotatable bonds is 6. The molecule has 1 saturated heterocycles. The number of nitrogens with one attached hydrogen (secondary N) is 1. The molecule has 0 radical (unpaired) electrons. The summed E-state index contributed by atoms with van der Waals surface area (Å²) in [6, 6.07) is 11.9. The van der Waals surface area contributed by atoms with Gasteiger partial charge in [0.05, 0.1) is 29.3 Å². The minimum atomic E-state index is -0.523. The molecule has 0 saturated carbocycles. The quantitative estimate of drug-likeness (QED) is 0.588.